The van der Waals surface area contributed by atoms with Crippen LogP contribution in [0.5, 0.6) is 0 Å². The fourth-order valence-electron chi connectivity index (χ4n) is 2.55. The minimum absolute atomic E-state index is 0.355. The molecule has 1 atom stereocenters. The molecule has 5 nitrogen and oxygen atoms in total. The number of esters is 1. The van der Waals surface area contributed by atoms with Crippen molar-refractivity contribution in [2.24, 2.45) is 0 Å². The molecule has 0 fully saturated rings. The van der Waals surface area contributed by atoms with Crippen LogP contribution in [0.4, 0.5) is 4.79 Å². The molecule has 154 valence electrons. The zero-order valence-corrected chi connectivity index (χ0v) is 17.8. The standard InChI is InChI=1S/C20H39NO4S/c1-4-6-7-8-9-10-11-12-13-16-24-19(22)18(14-17-26-3)21-20(23)25-15-5-2/h18H,4-17H2,1-3H3,(H,21,23)/t18-/m0/s1. The van der Waals surface area contributed by atoms with Crippen molar-refractivity contribution in [2.45, 2.75) is 90.5 Å². The van der Waals surface area contributed by atoms with Crippen molar-refractivity contribution in [3.8, 4) is 0 Å². The first-order chi connectivity index (χ1) is 12.7. The predicted octanol–water partition coefficient (Wildman–Crippen LogP) is 5.32. The molecule has 0 aromatic heterocycles. The van der Waals surface area contributed by atoms with Crippen molar-refractivity contribution < 1.29 is 19.1 Å². The summed E-state index contributed by atoms with van der Waals surface area (Å²) in [5.41, 5.74) is 0. The maximum Gasteiger partial charge on any atom is 0.407 e. The SMILES string of the molecule is CCCCCCCCCCCOC(=O)[C@H](CCSC)NC(=O)OCCC. The van der Waals surface area contributed by atoms with Gasteiger partial charge in [0.25, 0.3) is 0 Å². The van der Waals surface area contributed by atoms with Crippen molar-refractivity contribution >= 4 is 23.8 Å². The lowest BCUT2D eigenvalue weighted by Crippen LogP contribution is -2.42. The molecule has 1 amide bonds. The number of ether oxygens (including phenoxy) is 2. The molecule has 6 heteroatoms. The van der Waals surface area contributed by atoms with Crippen LogP contribution in [0.1, 0.15) is 84.5 Å². The highest BCUT2D eigenvalue weighted by Gasteiger charge is 2.22. The summed E-state index contributed by atoms with van der Waals surface area (Å²) in [6.07, 6.45) is 13.8. The Hall–Kier alpha value is -0.910. The lowest BCUT2D eigenvalue weighted by Gasteiger charge is -2.17. The molecule has 26 heavy (non-hydrogen) atoms. The second-order valence-electron chi connectivity index (χ2n) is 6.61. The molecule has 0 bridgehead atoms. The van der Waals surface area contributed by atoms with Gasteiger partial charge in [-0.05, 0) is 31.3 Å². The van der Waals surface area contributed by atoms with Crippen LogP contribution in [0.3, 0.4) is 0 Å². The van der Waals surface area contributed by atoms with Crippen LogP contribution in [0.25, 0.3) is 0 Å². The zero-order chi connectivity index (χ0) is 19.5. The number of hydrogen-bond donors (Lipinski definition) is 1. The summed E-state index contributed by atoms with van der Waals surface area (Å²) in [6.45, 7) is 4.94. The van der Waals surface area contributed by atoms with Crippen molar-refractivity contribution in [1.82, 2.24) is 5.32 Å². The Morgan fingerprint density at radius 3 is 2.04 bits per heavy atom. The van der Waals surface area contributed by atoms with Crippen LogP contribution in [0.15, 0.2) is 0 Å². The molecule has 0 saturated carbocycles. The van der Waals surface area contributed by atoms with E-state index in [4.69, 9.17) is 9.47 Å². The maximum absolute atomic E-state index is 12.2. The highest BCUT2D eigenvalue weighted by molar-refractivity contribution is 7.98. The average molecular weight is 390 g/mol. The Morgan fingerprint density at radius 2 is 1.46 bits per heavy atom. The molecule has 0 rings (SSSR count). The lowest BCUT2D eigenvalue weighted by molar-refractivity contribution is -0.146. The van der Waals surface area contributed by atoms with Crippen LogP contribution in [-0.2, 0) is 14.3 Å². The van der Waals surface area contributed by atoms with Crippen molar-refractivity contribution in [3.63, 3.8) is 0 Å². The summed E-state index contributed by atoms with van der Waals surface area (Å²) < 4.78 is 10.3. The van der Waals surface area contributed by atoms with E-state index in [0.29, 0.717) is 19.6 Å². The van der Waals surface area contributed by atoms with Gasteiger partial charge in [-0.15, -0.1) is 0 Å². The van der Waals surface area contributed by atoms with Gasteiger partial charge in [-0.3, -0.25) is 0 Å². The summed E-state index contributed by atoms with van der Waals surface area (Å²) >= 11 is 1.64. The lowest BCUT2D eigenvalue weighted by atomic mass is 10.1. The molecular weight excluding hydrogens is 350 g/mol. The number of hydrogen-bond acceptors (Lipinski definition) is 5. The van der Waals surface area contributed by atoms with E-state index in [0.717, 1.165) is 25.0 Å². The van der Waals surface area contributed by atoms with E-state index in [1.54, 1.807) is 11.8 Å². The predicted molar refractivity (Wildman–Crippen MR) is 110 cm³/mol. The van der Waals surface area contributed by atoms with Gasteiger partial charge in [-0.1, -0.05) is 65.2 Å². The van der Waals surface area contributed by atoms with Gasteiger partial charge in [0, 0.05) is 0 Å². The fraction of sp³-hybridized carbons (Fsp3) is 0.900. The summed E-state index contributed by atoms with van der Waals surface area (Å²) in [7, 11) is 0. The second-order valence-corrected chi connectivity index (χ2v) is 7.60. The van der Waals surface area contributed by atoms with Gasteiger partial charge in [0.05, 0.1) is 13.2 Å². The van der Waals surface area contributed by atoms with Crippen LogP contribution in [0, 0.1) is 0 Å². The van der Waals surface area contributed by atoms with E-state index in [9.17, 15) is 9.59 Å². The minimum atomic E-state index is -0.620. The van der Waals surface area contributed by atoms with Crippen molar-refractivity contribution in [1.29, 1.82) is 0 Å². The third-order valence-corrected chi connectivity index (χ3v) is 4.76. The highest BCUT2D eigenvalue weighted by atomic mass is 32.2. The zero-order valence-electron chi connectivity index (χ0n) is 17.0. The number of rotatable bonds is 17. The molecule has 0 saturated heterocycles. The first-order valence-corrected chi connectivity index (χ1v) is 11.6. The van der Waals surface area contributed by atoms with Crippen LogP contribution >= 0.6 is 11.8 Å². The van der Waals surface area contributed by atoms with Crippen LogP contribution in [-0.4, -0.2) is 43.3 Å². The molecule has 1 N–H and O–H groups in total. The van der Waals surface area contributed by atoms with Crippen LogP contribution < -0.4 is 5.32 Å². The topological polar surface area (TPSA) is 64.6 Å². The monoisotopic (exact) mass is 389 g/mol. The van der Waals surface area contributed by atoms with Gasteiger partial charge in [-0.2, -0.15) is 11.8 Å². The van der Waals surface area contributed by atoms with E-state index in [2.05, 4.69) is 12.2 Å². The minimum Gasteiger partial charge on any atom is -0.464 e. The molecule has 0 aliphatic heterocycles. The van der Waals surface area contributed by atoms with Gasteiger partial charge in [0.1, 0.15) is 6.04 Å². The molecule has 0 aromatic carbocycles. The summed E-state index contributed by atoms with van der Waals surface area (Å²) in [5.74, 6) is 0.429. The molecule has 0 aliphatic carbocycles. The van der Waals surface area contributed by atoms with Crippen molar-refractivity contribution in [3.05, 3.63) is 0 Å². The van der Waals surface area contributed by atoms with E-state index in [1.165, 1.54) is 44.9 Å². The third kappa shape index (κ3) is 15.4. The average Bonchev–Trinajstić information content (AvgIpc) is 2.64. The number of thioether (sulfide) groups is 1. The van der Waals surface area contributed by atoms with E-state index >= 15 is 0 Å². The number of alkyl carbamates (subject to hydrolysis) is 1. The number of amides is 1. The Morgan fingerprint density at radius 1 is 0.846 bits per heavy atom. The third-order valence-electron chi connectivity index (χ3n) is 4.12. The Kier molecular flexibility index (Phi) is 18.2. The van der Waals surface area contributed by atoms with Gasteiger partial charge in [0.15, 0.2) is 0 Å². The molecule has 0 aliphatic rings. The molecule has 0 spiro atoms. The highest BCUT2D eigenvalue weighted by Crippen LogP contribution is 2.10. The first kappa shape index (κ1) is 25.1. The maximum atomic E-state index is 12.2. The fourth-order valence-corrected chi connectivity index (χ4v) is 3.02. The number of carbonyl (C=O) groups is 2. The summed E-state index contributed by atoms with van der Waals surface area (Å²) in [6, 6.07) is -0.620. The molecule has 0 unspecified atom stereocenters. The van der Waals surface area contributed by atoms with Gasteiger partial charge in [-0.25, -0.2) is 9.59 Å². The quantitative estimate of drug-likeness (QED) is 0.269. The molecule has 0 heterocycles. The summed E-state index contributed by atoms with van der Waals surface area (Å²) in [5, 5.41) is 2.62. The molecular formula is C20H39NO4S. The van der Waals surface area contributed by atoms with Crippen molar-refractivity contribution in [2.75, 3.05) is 25.2 Å². The van der Waals surface area contributed by atoms with E-state index in [1.807, 2.05) is 13.2 Å². The number of unbranched alkanes of at least 4 members (excludes halogenated alkanes) is 8. The van der Waals surface area contributed by atoms with Gasteiger partial charge < -0.3 is 14.8 Å². The second kappa shape index (κ2) is 18.9. The smallest absolute Gasteiger partial charge is 0.407 e. The Bertz CT molecular complexity index is 353. The summed E-state index contributed by atoms with van der Waals surface area (Å²) in [4.78, 5) is 23.9. The van der Waals surface area contributed by atoms with E-state index in [-0.39, 0.29) is 5.97 Å². The normalized spacial score (nSPS) is 11.8. The number of carbonyl (C=O) groups excluding carboxylic acids is 2. The molecule has 0 radical (unpaired) electrons. The number of nitrogens with one attached hydrogen (secondary N) is 1. The van der Waals surface area contributed by atoms with E-state index < -0.39 is 12.1 Å². The Balaban J connectivity index is 3.86. The molecule has 0 aromatic rings. The van der Waals surface area contributed by atoms with Crippen LogP contribution in [0.2, 0.25) is 0 Å². The Labute approximate surface area is 164 Å². The largest absolute Gasteiger partial charge is 0.464 e. The first-order valence-electron chi connectivity index (χ1n) is 10.2. The van der Waals surface area contributed by atoms with Gasteiger partial charge in [0.2, 0.25) is 0 Å². The van der Waals surface area contributed by atoms with Gasteiger partial charge >= 0.3 is 12.1 Å².